The molecule has 0 aliphatic heterocycles. The molecule has 0 saturated heterocycles. The molecule has 0 saturated carbocycles. The maximum Gasteiger partial charge on any atom is 0.264 e. The van der Waals surface area contributed by atoms with Gasteiger partial charge in [0.15, 0.2) is 12.4 Å². The zero-order chi connectivity index (χ0) is 13.9. The Hall–Kier alpha value is -2.04. The molecule has 5 heteroatoms. The lowest BCUT2D eigenvalue weighted by atomic mass is 9.96. The van der Waals surface area contributed by atoms with Gasteiger partial charge in [-0.3, -0.25) is 0 Å². The highest BCUT2D eigenvalue weighted by molar-refractivity contribution is 5.45. The van der Waals surface area contributed by atoms with Crippen molar-refractivity contribution in [3.8, 4) is 5.75 Å². The van der Waals surface area contributed by atoms with Gasteiger partial charge < -0.3 is 14.6 Å². The third kappa shape index (κ3) is 3.47. The molecule has 0 amide bonds. The van der Waals surface area contributed by atoms with E-state index >= 15 is 0 Å². The van der Waals surface area contributed by atoms with Crippen LogP contribution in [0.3, 0.4) is 0 Å². The number of hydrogen-bond acceptors (Lipinski definition) is 5. The number of ether oxygens (including phenoxy) is 1. The van der Waals surface area contributed by atoms with Crippen LogP contribution in [0, 0.1) is 0 Å². The third-order valence-electron chi connectivity index (χ3n) is 2.64. The van der Waals surface area contributed by atoms with Gasteiger partial charge in [-0.25, -0.2) is 0 Å². The predicted molar refractivity (Wildman–Crippen MR) is 73.3 cm³/mol. The van der Waals surface area contributed by atoms with Gasteiger partial charge in [0.2, 0.25) is 0 Å². The van der Waals surface area contributed by atoms with Gasteiger partial charge in [-0.2, -0.15) is 4.98 Å². The van der Waals surface area contributed by atoms with Crippen molar-refractivity contribution in [3.63, 3.8) is 0 Å². The quantitative estimate of drug-likeness (QED) is 0.916. The van der Waals surface area contributed by atoms with E-state index in [1.807, 2.05) is 52.1 Å². The van der Waals surface area contributed by atoms with E-state index in [2.05, 4.69) is 15.5 Å². The second-order valence-electron chi connectivity index (χ2n) is 5.32. The normalized spacial score (nSPS) is 11.4. The first-order chi connectivity index (χ1) is 8.99. The summed E-state index contributed by atoms with van der Waals surface area (Å²) >= 11 is 0. The molecule has 0 spiro atoms. The average Bonchev–Trinajstić information content (AvgIpc) is 2.86. The molecule has 0 radical (unpaired) electrons. The number of hydrogen-bond donors (Lipinski definition) is 1. The van der Waals surface area contributed by atoms with Gasteiger partial charge in [-0.1, -0.05) is 25.9 Å². The van der Waals surface area contributed by atoms with E-state index < -0.39 is 0 Å². The molecule has 0 atom stereocenters. The highest BCUT2D eigenvalue weighted by atomic mass is 16.5. The third-order valence-corrected chi connectivity index (χ3v) is 2.64. The monoisotopic (exact) mass is 261 g/mol. The van der Waals surface area contributed by atoms with Crippen molar-refractivity contribution in [2.24, 2.45) is 0 Å². The summed E-state index contributed by atoms with van der Waals surface area (Å²) in [4.78, 5) is 4.32. The van der Waals surface area contributed by atoms with Crippen LogP contribution in [0.2, 0.25) is 0 Å². The Labute approximate surface area is 113 Å². The molecule has 1 heterocycles. The standard InChI is InChI=1S/C14H19N3O2/c1-14(2,3)13-16-12(19-17-13)9-18-11-7-5-10(15-4)6-8-11/h5-8,15H,9H2,1-4H3. The Morgan fingerprint density at radius 1 is 1.21 bits per heavy atom. The molecule has 5 nitrogen and oxygen atoms in total. The topological polar surface area (TPSA) is 60.2 Å². The van der Waals surface area contributed by atoms with Crippen LogP contribution in [0.4, 0.5) is 5.69 Å². The molecule has 19 heavy (non-hydrogen) atoms. The fourth-order valence-corrected chi connectivity index (χ4v) is 1.48. The first-order valence-corrected chi connectivity index (χ1v) is 6.23. The van der Waals surface area contributed by atoms with Crippen LogP contribution in [0.5, 0.6) is 5.75 Å². The predicted octanol–water partition coefficient (Wildman–Crippen LogP) is 2.99. The van der Waals surface area contributed by atoms with Gasteiger partial charge in [0, 0.05) is 18.2 Å². The zero-order valence-electron chi connectivity index (χ0n) is 11.7. The fraction of sp³-hybridized carbons (Fsp3) is 0.429. The van der Waals surface area contributed by atoms with Gasteiger partial charge in [0.25, 0.3) is 5.89 Å². The van der Waals surface area contributed by atoms with E-state index in [-0.39, 0.29) is 12.0 Å². The molecule has 1 N–H and O–H groups in total. The largest absolute Gasteiger partial charge is 0.484 e. The van der Waals surface area contributed by atoms with E-state index in [1.165, 1.54) is 0 Å². The minimum absolute atomic E-state index is 0.115. The van der Waals surface area contributed by atoms with E-state index in [0.29, 0.717) is 11.7 Å². The van der Waals surface area contributed by atoms with Crippen molar-refractivity contribution < 1.29 is 9.26 Å². The molecule has 2 rings (SSSR count). The molecule has 1 aromatic carbocycles. The van der Waals surface area contributed by atoms with Crippen molar-refractivity contribution in [1.82, 2.24) is 10.1 Å². The van der Waals surface area contributed by atoms with E-state index in [0.717, 1.165) is 11.4 Å². The smallest absolute Gasteiger partial charge is 0.264 e. The van der Waals surface area contributed by atoms with Crippen molar-refractivity contribution in [2.45, 2.75) is 32.8 Å². The Morgan fingerprint density at radius 2 is 1.89 bits per heavy atom. The van der Waals surface area contributed by atoms with Gasteiger partial charge >= 0.3 is 0 Å². The number of nitrogens with one attached hydrogen (secondary N) is 1. The highest BCUT2D eigenvalue weighted by Gasteiger charge is 2.20. The van der Waals surface area contributed by atoms with E-state index in [4.69, 9.17) is 9.26 Å². The van der Waals surface area contributed by atoms with Gasteiger partial charge in [0.05, 0.1) is 0 Å². The molecule has 102 valence electrons. The molecular weight excluding hydrogens is 242 g/mol. The van der Waals surface area contributed by atoms with Crippen LogP contribution in [0.1, 0.15) is 32.5 Å². The van der Waals surface area contributed by atoms with E-state index in [1.54, 1.807) is 0 Å². The van der Waals surface area contributed by atoms with Crippen LogP contribution in [-0.4, -0.2) is 17.2 Å². The molecular formula is C14H19N3O2. The van der Waals surface area contributed by atoms with Gasteiger partial charge in [-0.15, -0.1) is 0 Å². The molecule has 0 fully saturated rings. The lowest BCUT2D eigenvalue weighted by Crippen LogP contribution is -2.13. The molecule has 1 aromatic heterocycles. The maximum atomic E-state index is 5.59. The maximum absolute atomic E-state index is 5.59. The Morgan fingerprint density at radius 3 is 2.42 bits per heavy atom. The Bertz CT molecular complexity index is 526. The zero-order valence-corrected chi connectivity index (χ0v) is 11.7. The SMILES string of the molecule is CNc1ccc(OCc2nc(C(C)(C)C)no2)cc1. The van der Waals surface area contributed by atoms with Crippen LogP contribution in [-0.2, 0) is 12.0 Å². The highest BCUT2D eigenvalue weighted by Crippen LogP contribution is 2.20. The second kappa shape index (κ2) is 5.30. The summed E-state index contributed by atoms with van der Waals surface area (Å²) in [7, 11) is 1.88. The summed E-state index contributed by atoms with van der Waals surface area (Å²) in [5.41, 5.74) is 0.927. The lowest BCUT2D eigenvalue weighted by Gasteiger charge is -2.10. The molecule has 0 aliphatic rings. The first-order valence-electron chi connectivity index (χ1n) is 6.23. The molecule has 2 aromatic rings. The minimum atomic E-state index is -0.115. The number of benzene rings is 1. The van der Waals surface area contributed by atoms with E-state index in [9.17, 15) is 0 Å². The van der Waals surface area contributed by atoms with Gasteiger partial charge in [-0.05, 0) is 24.3 Å². The second-order valence-corrected chi connectivity index (χ2v) is 5.32. The summed E-state index contributed by atoms with van der Waals surface area (Å²) in [6.07, 6.45) is 0. The molecule has 0 unspecified atom stereocenters. The average molecular weight is 261 g/mol. The summed E-state index contributed by atoms with van der Waals surface area (Å²) in [5.74, 6) is 1.95. The Kier molecular flexibility index (Phi) is 3.74. The summed E-state index contributed by atoms with van der Waals surface area (Å²) in [6.45, 7) is 6.40. The van der Waals surface area contributed by atoms with Crippen LogP contribution in [0.25, 0.3) is 0 Å². The van der Waals surface area contributed by atoms with Crippen LogP contribution < -0.4 is 10.1 Å². The van der Waals surface area contributed by atoms with Gasteiger partial charge in [0.1, 0.15) is 5.75 Å². The number of aromatic nitrogens is 2. The molecule has 0 bridgehead atoms. The number of anilines is 1. The Balaban J connectivity index is 1.96. The summed E-state index contributed by atoms with van der Waals surface area (Å²) < 4.78 is 10.8. The van der Waals surface area contributed by atoms with Crippen molar-refractivity contribution in [2.75, 3.05) is 12.4 Å². The lowest BCUT2D eigenvalue weighted by molar-refractivity contribution is 0.242. The van der Waals surface area contributed by atoms with Crippen molar-refractivity contribution in [1.29, 1.82) is 0 Å². The minimum Gasteiger partial charge on any atom is -0.484 e. The van der Waals surface area contributed by atoms with Crippen LogP contribution >= 0.6 is 0 Å². The fourth-order valence-electron chi connectivity index (χ4n) is 1.48. The van der Waals surface area contributed by atoms with Crippen LogP contribution in [0.15, 0.2) is 28.8 Å². The van der Waals surface area contributed by atoms with Crippen molar-refractivity contribution in [3.05, 3.63) is 36.0 Å². The number of rotatable bonds is 4. The molecule has 0 aliphatic carbocycles. The summed E-state index contributed by atoms with van der Waals surface area (Å²) in [5, 5.41) is 7.00. The summed E-state index contributed by atoms with van der Waals surface area (Å²) in [6, 6.07) is 7.69. The van der Waals surface area contributed by atoms with Crippen molar-refractivity contribution >= 4 is 5.69 Å². The first kappa shape index (κ1) is 13.4. The number of nitrogens with zero attached hydrogens (tertiary/aromatic N) is 2.